The van der Waals surface area contributed by atoms with Gasteiger partial charge in [0, 0.05) is 63.1 Å². The summed E-state index contributed by atoms with van der Waals surface area (Å²) in [7, 11) is 0. The van der Waals surface area contributed by atoms with E-state index < -0.39 is 11.7 Å². The summed E-state index contributed by atoms with van der Waals surface area (Å²) in [6.07, 6.45) is -1.99. The van der Waals surface area contributed by atoms with Crippen LogP contribution < -0.4 is 5.32 Å². The average molecular weight is 637 g/mol. The number of nitrogens with zero attached hydrogens (tertiary/aromatic N) is 3. The van der Waals surface area contributed by atoms with Crippen molar-refractivity contribution in [2.24, 2.45) is 11.8 Å². The Bertz CT molecular complexity index is 1390. The summed E-state index contributed by atoms with van der Waals surface area (Å²) >= 11 is 0. The number of nitrogens with one attached hydrogen (secondary N) is 1. The molecule has 0 radical (unpaired) electrons. The van der Waals surface area contributed by atoms with Crippen molar-refractivity contribution in [1.29, 1.82) is 0 Å². The predicted molar refractivity (Wildman–Crippen MR) is 172 cm³/mol. The highest BCUT2D eigenvalue weighted by Gasteiger charge is 2.33. The lowest BCUT2D eigenvalue weighted by Crippen LogP contribution is -2.55. The lowest BCUT2D eigenvalue weighted by molar-refractivity contribution is -0.137. The van der Waals surface area contributed by atoms with Gasteiger partial charge in [0.15, 0.2) is 0 Å². The second-order valence-corrected chi connectivity index (χ2v) is 12.4. The molecule has 3 aromatic rings. The number of piperazine rings is 1. The summed E-state index contributed by atoms with van der Waals surface area (Å²) in [6, 6.07) is 24.6. The predicted octanol–water partition coefficient (Wildman–Crippen LogP) is 7.02. The molecule has 2 unspecified atom stereocenters. The first-order valence-corrected chi connectivity index (χ1v) is 16.1. The van der Waals surface area contributed by atoms with E-state index in [-0.39, 0.29) is 30.2 Å². The second-order valence-electron chi connectivity index (χ2n) is 12.4. The number of benzene rings is 3. The number of halogens is 3. The quantitative estimate of drug-likeness (QED) is 0.259. The monoisotopic (exact) mass is 636 g/mol. The molecule has 46 heavy (non-hydrogen) atoms. The Hall–Kier alpha value is -4.05. The molecule has 0 spiro atoms. The summed E-state index contributed by atoms with van der Waals surface area (Å²) in [4.78, 5) is 31.8. The number of anilines is 1. The smallest absolute Gasteiger partial charge is 0.416 e. The Morgan fingerprint density at radius 2 is 1.43 bits per heavy atom. The molecular formula is C36H43F3N4O3. The van der Waals surface area contributed by atoms with Gasteiger partial charge in [-0.05, 0) is 73.1 Å². The van der Waals surface area contributed by atoms with E-state index >= 15 is 0 Å². The Kier molecular flexibility index (Phi) is 11.2. The molecule has 0 bridgehead atoms. The van der Waals surface area contributed by atoms with Crippen molar-refractivity contribution in [2.75, 3.05) is 51.1 Å². The van der Waals surface area contributed by atoms with Gasteiger partial charge < -0.3 is 19.9 Å². The highest BCUT2D eigenvalue weighted by Crippen LogP contribution is 2.31. The number of hydrogen-bond donors (Lipinski definition) is 1. The molecule has 0 aromatic heterocycles. The molecule has 10 heteroatoms. The molecule has 2 amide bonds. The number of amides is 2. The topological polar surface area (TPSA) is 65.1 Å². The zero-order valence-corrected chi connectivity index (χ0v) is 26.3. The Morgan fingerprint density at radius 3 is 2.04 bits per heavy atom. The molecule has 246 valence electrons. The molecule has 2 heterocycles. The van der Waals surface area contributed by atoms with Gasteiger partial charge in [-0.3, -0.25) is 9.69 Å². The van der Waals surface area contributed by atoms with Crippen LogP contribution in [0.25, 0.3) is 0 Å². The van der Waals surface area contributed by atoms with Crippen LogP contribution in [0.5, 0.6) is 0 Å². The molecule has 2 aliphatic heterocycles. The van der Waals surface area contributed by atoms with E-state index in [2.05, 4.69) is 29.3 Å². The van der Waals surface area contributed by atoms with Crippen molar-refractivity contribution in [3.05, 3.63) is 102 Å². The van der Waals surface area contributed by atoms with Crippen LogP contribution in [-0.4, -0.2) is 78.6 Å². The summed E-state index contributed by atoms with van der Waals surface area (Å²) in [5, 5.41) is 3.62. The molecule has 2 saturated heterocycles. The Labute approximate surface area is 269 Å². The van der Waals surface area contributed by atoms with Gasteiger partial charge in [0.1, 0.15) is 6.61 Å². The van der Waals surface area contributed by atoms with Gasteiger partial charge in [0.05, 0.1) is 5.56 Å². The minimum atomic E-state index is -4.42. The lowest BCUT2D eigenvalue weighted by Gasteiger charge is -2.42. The van der Waals surface area contributed by atoms with Crippen molar-refractivity contribution in [2.45, 2.75) is 45.0 Å². The fourth-order valence-electron chi connectivity index (χ4n) is 6.55. The number of rotatable bonds is 10. The average Bonchev–Trinajstić information content (AvgIpc) is 3.08. The third-order valence-electron chi connectivity index (χ3n) is 9.26. The van der Waals surface area contributed by atoms with Crippen LogP contribution in [0.2, 0.25) is 0 Å². The summed E-state index contributed by atoms with van der Waals surface area (Å²) in [5.74, 6) is 0.584. The van der Waals surface area contributed by atoms with Crippen LogP contribution in [0, 0.1) is 11.8 Å². The van der Waals surface area contributed by atoms with Gasteiger partial charge in [0.2, 0.25) is 0 Å². The summed E-state index contributed by atoms with van der Waals surface area (Å²) in [5.41, 5.74) is 1.57. The van der Waals surface area contributed by atoms with E-state index in [0.717, 1.165) is 62.3 Å². The molecule has 1 N–H and O–H groups in total. The van der Waals surface area contributed by atoms with Gasteiger partial charge >= 0.3 is 12.3 Å². The molecule has 7 nitrogen and oxygen atoms in total. The third kappa shape index (κ3) is 9.02. The van der Waals surface area contributed by atoms with E-state index in [0.29, 0.717) is 38.0 Å². The number of alkyl halides is 3. The van der Waals surface area contributed by atoms with Crippen molar-refractivity contribution >= 4 is 17.7 Å². The van der Waals surface area contributed by atoms with Crippen LogP contribution in [0.3, 0.4) is 0 Å². The molecule has 0 aliphatic carbocycles. The minimum absolute atomic E-state index is 0.217. The van der Waals surface area contributed by atoms with Crippen molar-refractivity contribution in [3.8, 4) is 0 Å². The second kappa shape index (κ2) is 15.5. The molecular weight excluding hydrogens is 593 g/mol. The molecule has 0 saturated carbocycles. The van der Waals surface area contributed by atoms with Gasteiger partial charge in [-0.2, -0.15) is 13.2 Å². The van der Waals surface area contributed by atoms with Gasteiger partial charge in [0.25, 0.3) is 5.91 Å². The zero-order chi connectivity index (χ0) is 32.5. The fourth-order valence-corrected chi connectivity index (χ4v) is 6.55. The SMILES string of the molecule is CC(CC1CCN(C(=O)c2ccc(C(F)(F)F)cc2)CC1)C(CNc1ccccc1)N1CCN(C(=O)OCc2ccccc2)CC1. The number of carbonyl (C=O) groups excluding carboxylic acids is 2. The first-order chi connectivity index (χ1) is 22.2. The maximum atomic E-state index is 13.0. The summed E-state index contributed by atoms with van der Waals surface area (Å²) < 4.78 is 44.4. The first-order valence-electron chi connectivity index (χ1n) is 16.1. The van der Waals surface area contributed by atoms with E-state index in [1.807, 2.05) is 48.5 Å². The number of likely N-dealkylation sites (tertiary alicyclic amines) is 1. The van der Waals surface area contributed by atoms with Crippen LogP contribution in [-0.2, 0) is 17.5 Å². The molecule has 2 aliphatic rings. The normalized spacial score (nSPS) is 17.7. The van der Waals surface area contributed by atoms with E-state index in [4.69, 9.17) is 4.74 Å². The highest BCUT2D eigenvalue weighted by atomic mass is 19.4. The minimum Gasteiger partial charge on any atom is -0.445 e. The van der Waals surface area contributed by atoms with Crippen molar-refractivity contribution < 1.29 is 27.5 Å². The van der Waals surface area contributed by atoms with E-state index in [9.17, 15) is 22.8 Å². The van der Waals surface area contributed by atoms with Gasteiger partial charge in [-0.15, -0.1) is 0 Å². The standard InChI is InChI=1S/C36H43F3N4O3/c1-27(24-28-16-18-42(19-17-28)34(44)30-12-14-31(15-13-30)36(37,38)39)33(25-40-32-10-6-3-7-11-32)41-20-22-43(23-21-41)35(45)46-26-29-8-4-2-5-9-29/h2-15,27-28,33,40H,16-26H2,1H3. The molecule has 2 atom stereocenters. The lowest BCUT2D eigenvalue weighted by atomic mass is 9.83. The van der Waals surface area contributed by atoms with Crippen LogP contribution in [0.15, 0.2) is 84.9 Å². The van der Waals surface area contributed by atoms with Crippen LogP contribution in [0.1, 0.15) is 47.7 Å². The molecule has 5 rings (SSSR count). The van der Waals surface area contributed by atoms with Crippen molar-refractivity contribution in [3.63, 3.8) is 0 Å². The van der Waals surface area contributed by atoms with E-state index in [1.165, 1.54) is 12.1 Å². The third-order valence-corrected chi connectivity index (χ3v) is 9.26. The number of para-hydroxylation sites is 1. The summed E-state index contributed by atoms with van der Waals surface area (Å²) in [6.45, 7) is 7.22. The largest absolute Gasteiger partial charge is 0.445 e. The van der Waals surface area contributed by atoms with Gasteiger partial charge in [-0.1, -0.05) is 55.5 Å². The number of hydrogen-bond acceptors (Lipinski definition) is 5. The number of carbonyl (C=O) groups is 2. The maximum absolute atomic E-state index is 13.0. The molecule has 2 fully saturated rings. The Morgan fingerprint density at radius 1 is 0.826 bits per heavy atom. The van der Waals surface area contributed by atoms with E-state index in [1.54, 1.807) is 9.80 Å². The zero-order valence-electron chi connectivity index (χ0n) is 26.3. The molecule has 3 aromatic carbocycles. The fraction of sp³-hybridized carbons (Fsp3) is 0.444. The first kappa shape index (κ1) is 33.3. The maximum Gasteiger partial charge on any atom is 0.416 e. The van der Waals surface area contributed by atoms with Crippen LogP contribution >= 0.6 is 0 Å². The highest BCUT2D eigenvalue weighted by molar-refractivity contribution is 5.94. The number of piperidine rings is 1. The Balaban J connectivity index is 1.14. The number of ether oxygens (including phenoxy) is 1. The van der Waals surface area contributed by atoms with Gasteiger partial charge in [-0.25, -0.2) is 4.79 Å². The van der Waals surface area contributed by atoms with Crippen LogP contribution in [0.4, 0.5) is 23.7 Å². The van der Waals surface area contributed by atoms with Crippen molar-refractivity contribution in [1.82, 2.24) is 14.7 Å².